The third-order valence-electron chi connectivity index (χ3n) is 3.85. The molecule has 0 unspecified atom stereocenters. The Morgan fingerprint density at radius 3 is 2.70 bits per heavy atom. The highest BCUT2D eigenvalue weighted by Gasteiger charge is 2.12. The van der Waals surface area contributed by atoms with Crippen LogP contribution in [-0.2, 0) is 24.4 Å². The molecule has 0 bridgehead atoms. The van der Waals surface area contributed by atoms with E-state index in [1.54, 1.807) is 13.2 Å². The SMILES string of the molecule is CN(Cc1ccccc1)C(=O)OCc1cn(Cc2ccc(F)cc2F)nn1. The van der Waals surface area contributed by atoms with Gasteiger partial charge in [-0.3, -0.25) is 0 Å². The second-order valence-corrected chi connectivity index (χ2v) is 6.04. The van der Waals surface area contributed by atoms with Gasteiger partial charge in [0.2, 0.25) is 0 Å². The second-order valence-electron chi connectivity index (χ2n) is 6.04. The maximum absolute atomic E-state index is 13.7. The number of aromatic nitrogens is 3. The number of carbonyl (C=O) groups excluding carboxylic acids is 1. The van der Waals surface area contributed by atoms with Crippen LogP contribution >= 0.6 is 0 Å². The van der Waals surface area contributed by atoms with E-state index in [0.29, 0.717) is 12.2 Å². The first-order valence-corrected chi connectivity index (χ1v) is 8.26. The number of amides is 1. The van der Waals surface area contributed by atoms with Crippen molar-refractivity contribution >= 4 is 6.09 Å². The molecule has 6 nitrogen and oxygen atoms in total. The minimum absolute atomic E-state index is 0.0517. The highest BCUT2D eigenvalue weighted by molar-refractivity contribution is 5.67. The van der Waals surface area contributed by atoms with E-state index in [4.69, 9.17) is 4.74 Å². The summed E-state index contributed by atoms with van der Waals surface area (Å²) in [6.45, 7) is 0.473. The Balaban J connectivity index is 1.52. The van der Waals surface area contributed by atoms with Gasteiger partial charge in [-0.15, -0.1) is 5.10 Å². The van der Waals surface area contributed by atoms with Gasteiger partial charge in [-0.25, -0.2) is 18.3 Å². The minimum atomic E-state index is -0.652. The quantitative estimate of drug-likeness (QED) is 0.666. The highest BCUT2D eigenvalue weighted by atomic mass is 19.1. The van der Waals surface area contributed by atoms with E-state index in [1.807, 2.05) is 30.3 Å². The summed E-state index contributed by atoms with van der Waals surface area (Å²) in [6, 6.07) is 12.9. The molecular formula is C19H18F2N4O2. The van der Waals surface area contributed by atoms with Gasteiger partial charge in [0, 0.05) is 25.2 Å². The Hall–Kier alpha value is -3.29. The molecule has 0 spiro atoms. The lowest BCUT2D eigenvalue weighted by Crippen LogP contribution is -2.26. The monoisotopic (exact) mass is 372 g/mol. The number of hydrogen-bond acceptors (Lipinski definition) is 4. The zero-order chi connectivity index (χ0) is 19.2. The van der Waals surface area contributed by atoms with Crippen molar-refractivity contribution in [3.05, 3.63) is 83.2 Å². The van der Waals surface area contributed by atoms with Gasteiger partial charge < -0.3 is 9.64 Å². The summed E-state index contributed by atoms with van der Waals surface area (Å²) in [7, 11) is 1.64. The summed E-state index contributed by atoms with van der Waals surface area (Å²) < 4.78 is 33.2. The van der Waals surface area contributed by atoms with Crippen LogP contribution in [0.15, 0.2) is 54.7 Å². The number of ether oxygens (including phenoxy) is 1. The van der Waals surface area contributed by atoms with E-state index < -0.39 is 17.7 Å². The largest absolute Gasteiger partial charge is 0.443 e. The average molecular weight is 372 g/mol. The summed E-state index contributed by atoms with van der Waals surface area (Å²) >= 11 is 0. The van der Waals surface area contributed by atoms with Gasteiger partial charge in [0.05, 0.1) is 12.7 Å². The van der Waals surface area contributed by atoms with E-state index in [1.165, 1.54) is 21.7 Å². The molecule has 3 rings (SSSR count). The van der Waals surface area contributed by atoms with Crippen LogP contribution in [0.4, 0.5) is 13.6 Å². The predicted octanol–water partition coefficient (Wildman–Crippen LogP) is 3.37. The Bertz CT molecular complexity index is 915. The van der Waals surface area contributed by atoms with Gasteiger partial charge in [0.15, 0.2) is 0 Å². The van der Waals surface area contributed by atoms with E-state index in [9.17, 15) is 13.6 Å². The van der Waals surface area contributed by atoms with Crippen LogP contribution in [0.25, 0.3) is 0 Å². The number of benzene rings is 2. The van der Waals surface area contributed by atoms with Crippen molar-refractivity contribution in [2.24, 2.45) is 0 Å². The van der Waals surface area contributed by atoms with Gasteiger partial charge >= 0.3 is 6.09 Å². The number of nitrogens with zero attached hydrogens (tertiary/aromatic N) is 4. The normalized spacial score (nSPS) is 10.6. The molecular weight excluding hydrogens is 354 g/mol. The van der Waals surface area contributed by atoms with E-state index in [0.717, 1.165) is 11.6 Å². The summed E-state index contributed by atoms with van der Waals surface area (Å²) in [4.78, 5) is 13.5. The van der Waals surface area contributed by atoms with Crippen LogP contribution in [0.1, 0.15) is 16.8 Å². The number of halogens is 2. The molecule has 0 aliphatic rings. The lowest BCUT2D eigenvalue weighted by atomic mass is 10.2. The molecule has 3 aromatic rings. The van der Waals surface area contributed by atoms with Crippen molar-refractivity contribution in [2.45, 2.75) is 19.7 Å². The standard InChI is InChI=1S/C19H18F2N4O2/c1-24(10-14-5-3-2-4-6-14)19(26)27-13-17-12-25(23-22-17)11-15-7-8-16(20)9-18(15)21/h2-9,12H,10-11,13H2,1H3. The third kappa shape index (κ3) is 5.10. The summed E-state index contributed by atoms with van der Waals surface area (Å²) in [5.41, 5.74) is 1.70. The molecule has 27 heavy (non-hydrogen) atoms. The first-order valence-electron chi connectivity index (χ1n) is 8.26. The second kappa shape index (κ2) is 8.39. The molecule has 0 fully saturated rings. The van der Waals surface area contributed by atoms with Crippen molar-refractivity contribution in [3.63, 3.8) is 0 Å². The van der Waals surface area contributed by atoms with Crippen LogP contribution in [0.2, 0.25) is 0 Å². The first kappa shape index (κ1) is 18.5. The molecule has 0 atom stereocenters. The van der Waals surface area contributed by atoms with Crippen molar-refractivity contribution in [2.75, 3.05) is 7.05 Å². The zero-order valence-electron chi connectivity index (χ0n) is 14.7. The molecule has 1 aromatic heterocycles. The Morgan fingerprint density at radius 2 is 1.96 bits per heavy atom. The molecule has 1 amide bonds. The molecule has 0 saturated carbocycles. The van der Waals surface area contributed by atoms with E-state index in [2.05, 4.69) is 10.3 Å². The average Bonchev–Trinajstić information content (AvgIpc) is 3.10. The fourth-order valence-electron chi connectivity index (χ4n) is 2.47. The molecule has 0 radical (unpaired) electrons. The lowest BCUT2D eigenvalue weighted by molar-refractivity contribution is 0.101. The maximum atomic E-state index is 13.7. The lowest BCUT2D eigenvalue weighted by Gasteiger charge is -2.16. The van der Waals surface area contributed by atoms with Gasteiger partial charge in [0.25, 0.3) is 0 Å². The number of carbonyl (C=O) groups is 1. The minimum Gasteiger partial charge on any atom is -0.443 e. The fraction of sp³-hybridized carbons (Fsp3) is 0.211. The molecule has 140 valence electrons. The van der Waals surface area contributed by atoms with Gasteiger partial charge in [-0.2, -0.15) is 0 Å². The topological polar surface area (TPSA) is 60.2 Å². The van der Waals surface area contributed by atoms with Crippen LogP contribution in [0.3, 0.4) is 0 Å². The van der Waals surface area contributed by atoms with E-state index in [-0.39, 0.29) is 18.7 Å². The van der Waals surface area contributed by atoms with Gasteiger partial charge in [-0.05, 0) is 11.6 Å². The summed E-state index contributed by atoms with van der Waals surface area (Å²) in [6.07, 6.45) is 1.06. The van der Waals surface area contributed by atoms with Crippen LogP contribution in [0, 0.1) is 11.6 Å². The van der Waals surface area contributed by atoms with Crippen LogP contribution in [0.5, 0.6) is 0 Å². The Morgan fingerprint density at radius 1 is 1.19 bits per heavy atom. The molecule has 0 saturated heterocycles. The van der Waals surface area contributed by atoms with Crippen molar-refractivity contribution in [1.29, 1.82) is 0 Å². The number of hydrogen-bond donors (Lipinski definition) is 0. The molecule has 0 aliphatic heterocycles. The van der Waals surface area contributed by atoms with Gasteiger partial charge in [-0.1, -0.05) is 41.6 Å². The fourth-order valence-corrected chi connectivity index (χ4v) is 2.47. The maximum Gasteiger partial charge on any atom is 0.410 e. The molecule has 8 heteroatoms. The number of rotatable bonds is 6. The molecule has 1 heterocycles. The first-order chi connectivity index (χ1) is 13.0. The summed E-state index contributed by atoms with van der Waals surface area (Å²) in [5.74, 6) is -1.29. The molecule has 0 aliphatic carbocycles. The predicted molar refractivity (Wildman–Crippen MR) is 93.6 cm³/mol. The molecule has 0 N–H and O–H groups in total. The van der Waals surface area contributed by atoms with Crippen molar-refractivity contribution in [3.8, 4) is 0 Å². The van der Waals surface area contributed by atoms with Crippen LogP contribution < -0.4 is 0 Å². The van der Waals surface area contributed by atoms with Crippen LogP contribution in [-0.4, -0.2) is 33.0 Å². The third-order valence-corrected chi connectivity index (χ3v) is 3.85. The summed E-state index contributed by atoms with van der Waals surface area (Å²) in [5, 5.41) is 7.76. The zero-order valence-corrected chi connectivity index (χ0v) is 14.7. The van der Waals surface area contributed by atoms with E-state index >= 15 is 0 Å². The smallest absolute Gasteiger partial charge is 0.410 e. The van der Waals surface area contributed by atoms with Crippen molar-refractivity contribution < 1.29 is 18.3 Å². The molecule has 2 aromatic carbocycles. The Labute approximate surface area is 155 Å². The highest BCUT2D eigenvalue weighted by Crippen LogP contribution is 2.11. The Kier molecular flexibility index (Phi) is 5.75. The van der Waals surface area contributed by atoms with Gasteiger partial charge in [0.1, 0.15) is 23.9 Å². The van der Waals surface area contributed by atoms with Crippen molar-refractivity contribution in [1.82, 2.24) is 19.9 Å².